The Hall–Kier alpha value is -4.31. The van der Waals surface area contributed by atoms with Gasteiger partial charge >= 0.3 is 18.0 Å². The second-order valence-corrected chi connectivity index (χ2v) is 7.43. The van der Waals surface area contributed by atoms with Crippen molar-refractivity contribution in [1.82, 2.24) is 10.2 Å². The number of rotatable bonds is 6. The van der Waals surface area contributed by atoms with Gasteiger partial charge in [-0.05, 0) is 42.5 Å². The van der Waals surface area contributed by atoms with Crippen LogP contribution in [-0.4, -0.2) is 43.0 Å². The van der Waals surface area contributed by atoms with Crippen molar-refractivity contribution in [2.24, 2.45) is 0 Å². The number of ether oxygens (including phenoxy) is 2. The molecule has 1 aliphatic rings. The number of nitrogens with zero attached hydrogens (tertiary/aromatic N) is 1. The maximum absolute atomic E-state index is 12.7. The molecule has 174 valence electrons. The Labute approximate surface area is 197 Å². The van der Waals surface area contributed by atoms with Crippen molar-refractivity contribution < 1.29 is 37.5 Å². The number of imide groups is 1. The fraction of sp³-hybridized carbons (Fsp3) is 0.130. The van der Waals surface area contributed by atoms with Gasteiger partial charge in [0, 0.05) is 11.6 Å². The Morgan fingerprint density at radius 3 is 2.53 bits per heavy atom. The smallest absolute Gasteiger partial charge is 0.373 e. The molecular weight excluding hydrogens is 468 g/mol. The van der Waals surface area contributed by atoms with Gasteiger partial charge in [-0.2, -0.15) is 0 Å². The highest BCUT2D eigenvalue weighted by atomic mass is 35.5. The third-order valence-corrected chi connectivity index (χ3v) is 5.22. The largest absolute Gasteiger partial charge is 0.465 e. The molecule has 34 heavy (non-hydrogen) atoms. The van der Waals surface area contributed by atoms with Crippen LogP contribution in [0, 0.1) is 0 Å². The van der Waals surface area contributed by atoms with E-state index in [1.807, 2.05) is 0 Å². The van der Waals surface area contributed by atoms with Gasteiger partial charge < -0.3 is 23.6 Å². The highest BCUT2D eigenvalue weighted by Crippen LogP contribution is 2.31. The van der Waals surface area contributed by atoms with E-state index in [0.29, 0.717) is 21.9 Å². The number of amides is 3. The summed E-state index contributed by atoms with van der Waals surface area (Å²) in [5.41, 5.74) is 0.734. The normalized spacial score (nSPS) is 14.4. The van der Waals surface area contributed by atoms with Gasteiger partial charge in [-0.15, -0.1) is 0 Å². The van der Waals surface area contributed by atoms with E-state index in [-0.39, 0.29) is 29.5 Å². The van der Waals surface area contributed by atoms with Crippen molar-refractivity contribution in [2.45, 2.75) is 6.54 Å². The molecule has 11 heteroatoms. The minimum Gasteiger partial charge on any atom is -0.465 e. The number of methoxy groups -OCH3 is 2. The topological polar surface area (TPSA) is 128 Å². The van der Waals surface area contributed by atoms with Crippen molar-refractivity contribution >= 4 is 41.6 Å². The molecule has 0 unspecified atom stereocenters. The zero-order valence-electron chi connectivity index (χ0n) is 17.9. The van der Waals surface area contributed by atoms with Gasteiger partial charge in [0.1, 0.15) is 23.0 Å². The molecule has 1 fully saturated rings. The van der Waals surface area contributed by atoms with Crippen LogP contribution in [0.5, 0.6) is 0 Å². The molecule has 2 aromatic heterocycles. The van der Waals surface area contributed by atoms with Crippen molar-refractivity contribution in [1.29, 1.82) is 0 Å². The summed E-state index contributed by atoms with van der Waals surface area (Å²) in [4.78, 5) is 49.3. The number of hydrogen-bond acceptors (Lipinski definition) is 8. The van der Waals surface area contributed by atoms with E-state index in [1.165, 1.54) is 44.6 Å². The molecular formula is C23H17ClN2O8. The molecule has 3 aromatic rings. The van der Waals surface area contributed by atoms with E-state index in [1.54, 1.807) is 18.2 Å². The summed E-state index contributed by atoms with van der Waals surface area (Å²) in [6, 6.07) is 10.0. The van der Waals surface area contributed by atoms with Crippen LogP contribution in [0.4, 0.5) is 4.79 Å². The quantitative estimate of drug-likeness (QED) is 0.317. The fourth-order valence-corrected chi connectivity index (χ4v) is 3.43. The van der Waals surface area contributed by atoms with Crippen molar-refractivity contribution in [3.8, 4) is 11.3 Å². The minimum atomic E-state index is -0.671. The third-order valence-electron chi connectivity index (χ3n) is 4.89. The average Bonchev–Trinajstić information content (AvgIpc) is 3.55. The Bertz CT molecular complexity index is 1340. The summed E-state index contributed by atoms with van der Waals surface area (Å²) >= 11 is 6.24. The number of benzene rings is 1. The number of furan rings is 2. The van der Waals surface area contributed by atoms with Crippen molar-refractivity contribution in [3.63, 3.8) is 0 Å². The van der Waals surface area contributed by atoms with E-state index in [0.717, 1.165) is 4.90 Å². The lowest BCUT2D eigenvalue weighted by molar-refractivity contribution is -0.123. The predicted octanol–water partition coefficient (Wildman–Crippen LogP) is 3.86. The van der Waals surface area contributed by atoms with Crippen molar-refractivity contribution in [3.05, 3.63) is 76.0 Å². The second kappa shape index (κ2) is 9.28. The first-order valence-electron chi connectivity index (χ1n) is 9.80. The van der Waals surface area contributed by atoms with Crippen LogP contribution < -0.4 is 5.32 Å². The van der Waals surface area contributed by atoms with Gasteiger partial charge in [0.2, 0.25) is 5.76 Å². The first-order valence-corrected chi connectivity index (χ1v) is 10.2. The number of esters is 2. The lowest BCUT2D eigenvalue weighted by atomic mass is 10.1. The predicted molar refractivity (Wildman–Crippen MR) is 118 cm³/mol. The zero-order chi connectivity index (χ0) is 24.4. The number of carbonyl (C=O) groups is 4. The zero-order valence-corrected chi connectivity index (χ0v) is 18.7. The van der Waals surface area contributed by atoms with E-state index in [4.69, 9.17) is 25.2 Å². The number of carbonyl (C=O) groups excluding carboxylic acids is 4. The molecule has 1 saturated heterocycles. The van der Waals surface area contributed by atoms with Crippen molar-refractivity contribution in [2.75, 3.05) is 14.2 Å². The molecule has 0 spiro atoms. The molecule has 10 nitrogen and oxygen atoms in total. The van der Waals surface area contributed by atoms with Crippen LogP contribution in [0.2, 0.25) is 5.02 Å². The summed E-state index contributed by atoms with van der Waals surface area (Å²) in [6.07, 6.45) is 1.36. The summed E-state index contributed by atoms with van der Waals surface area (Å²) in [5.74, 6) is -1.00. The number of urea groups is 1. The Kier molecular flexibility index (Phi) is 6.24. The summed E-state index contributed by atoms with van der Waals surface area (Å²) in [6.45, 7) is -0.182. The van der Waals surface area contributed by atoms with E-state index in [2.05, 4.69) is 10.1 Å². The molecule has 3 heterocycles. The van der Waals surface area contributed by atoms with Gasteiger partial charge in [-0.1, -0.05) is 11.6 Å². The molecule has 1 N–H and O–H groups in total. The molecule has 0 radical (unpaired) electrons. The van der Waals surface area contributed by atoms with Crippen LogP contribution in [0.1, 0.15) is 32.4 Å². The highest BCUT2D eigenvalue weighted by molar-refractivity contribution is 6.33. The maximum atomic E-state index is 12.7. The number of hydrogen-bond donors (Lipinski definition) is 1. The summed E-state index contributed by atoms with van der Waals surface area (Å²) in [5, 5.41) is 2.82. The van der Waals surface area contributed by atoms with E-state index >= 15 is 0 Å². The van der Waals surface area contributed by atoms with Crippen LogP contribution in [0.25, 0.3) is 17.4 Å². The monoisotopic (exact) mass is 484 g/mol. The van der Waals surface area contributed by atoms with E-state index in [9.17, 15) is 19.2 Å². The van der Waals surface area contributed by atoms with Gasteiger partial charge in [0.25, 0.3) is 5.91 Å². The maximum Gasteiger partial charge on any atom is 0.373 e. The Morgan fingerprint density at radius 2 is 1.79 bits per heavy atom. The summed E-state index contributed by atoms with van der Waals surface area (Å²) < 4.78 is 20.4. The lowest BCUT2D eigenvalue weighted by Gasteiger charge is -2.09. The molecule has 4 rings (SSSR count). The Morgan fingerprint density at radius 1 is 1.03 bits per heavy atom. The number of nitrogens with one attached hydrogen (secondary N) is 1. The molecule has 0 aliphatic carbocycles. The molecule has 1 aliphatic heterocycles. The Balaban J connectivity index is 1.53. The first-order chi connectivity index (χ1) is 16.3. The standard InChI is InChI=1S/C23H17ClN2O8/c1-31-21(28)12-3-6-16(24)15(9-12)18-7-4-13(33-18)10-17-20(27)26(23(30)25-17)11-14-5-8-19(34-14)22(29)32-2/h3-10H,11H2,1-2H3,(H,25,30)/b17-10-. The van der Waals surface area contributed by atoms with Crippen LogP contribution in [0.15, 0.2) is 57.0 Å². The van der Waals surface area contributed by atoms with Gasteiger partial charge in [0.15, 0.2) is 0 Å². The van der Waals surface area contributed by atoms with Gasteiger partial charge in [-0.3, -0.25) is 9.69 Å². The first kappa shape index (κ1) is 22.9. The molecule has 0 saturated carbocycles. The third kappa shape index (κ3) is 4.44. The fourth-order valence-electron chi connectivity index (χ4n) is 3.22. The van der Waals surface area contributed by atoms with Crippen LogP contribution >= 0.6 is 11.6 Å². The second-order valence-electron chi connectivity index (χ2n) is 7.03. The van der Waals surface area contributed by atoms with Crippen LogP contribution in [0.3, 0.4) is 0 Å². The van der Waals surface area contributed by atoms with Gasteiger partial charge in [-0.25, -0.2) is 14.4 Å². The molecule has 0 atom stereocenters. The number of halogens is 1. The van der Waals surface area contributed by atoms with Crippen LogP contribution in [-0.2, 0) is 20.8 Å². The summed E-state index contributed by atoms with van der Waals surface area (Å²) in [7, 11) is 2.48. The lowest BCUT2D eigenvalue weighted by Crippen LogP contribution is -2.30. The SMILES string of the molecule is COC(=O)c1ccc(Cl)c(-c2ccc(/C=C3\NC(=O)N(Cc4ccc(C(=O)OC)o4)C3=O)o2)c1. The van der Waals surface area contributed by atoms with Gasteiger partial charge in [0.05, 0.1) is 31.4 Å². The molecule has 3 amide bonds. The average molecular weight is 485 g/mol. The molecule has 1 aromatic carbocycles. The minimum absolute atomic E-state index is 0.0138. The highest BCUT2D eigenvalue weighted by Gasteiger charge is 2.34. The molecule has 0 bridgehead atoms. The van der Waals surface area contributed by atoms with E-state index < -0.39 is 23.9 Å².